The SMILES string of the molecule is CC(=O)Cn1nc(-c2nc(C3(c4ccc(F)cc4Cl)CC3)no2)cc1C(F)F.CCC1CC1. The summed E-state index contributed by atoms with van der Waals surface area (Å²) < 4.78 is 46.0. The van der Waals surface area contributed by atoms with Crippen LogP contribution in [-0.2, 0) is 16.8 Å². The first-order chi connectivity index (χ1) is 15.7. The molecule has 2 aliphatic rings. The van der Waals surface area contributed by atoms with Gasteiger partial charge in [-0.2, -0.15) is 10.1 Å². The second kappa shape index (κ2) is 9.29. The van der Waals surface area contributed by atoms with E-state index in [0.717, 1.165) is 16.7 Å². The lowest BCUT2D eigenvalue weighted by atomic mass is 9.95. The fraction of sp³-hybridized carbons (Fsp3) is 0.478. The maximum Gasteiger partial charge on any atom is 0.280 e. The minimum absolute atomic E-state index is 0.0382. The summed E-state index contributed by atoms with van der Waals surface area (Å²) in [6.07, 6.45) is 3.01. The highest BCUT2D eigenvalue weighted by atomic mass is 35.5. The molecule has 3 aromatic rings. The quantitative estimate of drug-likeness (QED) is 0.406. The monoisotopic (exact) mass is 480 g/mol. The van der Waals surface area contributed by atoms with Gasteiger partial charge in [0.25, 0.3) is 12.3 Å². The van der Waals surface area contributed by atoms with Gasteiger partial charge in [0.2, 0.25) is 0 Å². The smallest absolute Gasteiger partial charge is 0.280 e. The number of alkyl halides is 2. The van der Waals surface area contributed by atoms with Crippen molar-refractivity contribution in [2.75, 3.05) is 0 Å². The predicted octanol–water partition coefficient (Wildman–Crippen LogP) is 6.14. The lowest BCUT2D eigenvalue weighted by molar-refractivity contribution is -0.117. The number of ketones is 1. The Hall–Kier alpha value is -2.68. The Bertz CT molecular complexity index is 1150. The molecule has 2 fully saturated rings. The molecule has 0 atom stereocenters. The highest BCUT2D eigenvalue weighted by Gasteiger charge is 2.51. The molecule has 2 heterocycles. The average Bonchev–Trinajstić information content (AvgIpc) is 3.66. The van der Waals surface area contributed by atoms with Crippen LogP contribution in [-0.4, -0.2) is 25.7 Å². The highest BCUT2D eigenvalue weighted by molar-refractivity contribution is 6.31. The molecule has 5 rings (SSSR count). The van der Waals surface area contributed by atoms with E-state index in [4.69, 9.17) is 16.1 Å². The zero-order valence-electron chi connectivity index (χ0n) is 18.3. The number of aromatic nitrogens is 4. The van der Waals surface area contributed by atoms with E-state index < -0.39 is 23.4 Å². The largest absolute Gasteiger partial charge is 0.332 e. The topological polar surface area (TPSA) is 73.8 Å². The molecule has 0 spiro atoms. The number of benzene rings is 1. The first kappa shape index (κ1) is 23.5. The van der Waals surface area contributed by atoms with Crippen LogP contribution in [0.2, 0.25) is 5.02 Å². The summed E-state index contributed by atoms with van der Waals surface area (Å²) in [6, 6.07) is 5.23. The Balaban J connectivity index is 0.000000459. The van der Waals surface area contributed by atoms with Gasteiger partial charge in [-0.05, 0) is 49.4 Å². The number of carbonyl (C=O) groups excluding carboxylic acids is 1. The maximum absolute atomic E-state index is 13.3. The Morgan fingerprint density at radius 2 is 2.03 bits per heavy atom. The van der Waals surface area contributed by atoms with Gasteiger partial charge in [0.1, 0.15) is 11.5 Å². The Labute approximate surface area is 194 Å². The zero-order chi connectivity index (χ0) is 23.8. The third-order valence-electron chi connectivity index (χ3n) is 5.95. The molecule has 0 saturated heterocycles. The van der Waals surface area contributed by atoms with Crippen LogP contribution >= 0.6 is 11.6 Å². The van der Waals surface area contributed by atoms with Crippen LogP contribution in [0.5, 0.6) is 0 Å². The molecule has 6 nitrogen and oxygen atoms in total. The van der Waals surface area contributed by atoms with Crippen LogP contribution in [0.25, 0.3) is 11.6 Å². The summed E-state index contributed by atoms with van der Waals surface area (Å²) in [5.41, 5.74) is -0.276. The van der Waals surface area contributed by atoms with Crippen LogP contribution < -0.4 is 0 Å². The lowest BCUT2D eigenvalue weighted by Gasteiger charge is -2.12. The van der Waals surface area contributed by atoms with Gasteiger partial charge >= 0.3 is 0 Å². The van der Waals surface area contributed by atoms with Gasteiger partial charge in [0.05, 0.1) is 12.0 Å². The van der Waals surface area contributed by atoms with Crippen molar-refractivity contribution in [1.82, 2.24) is 19.9 Å². The van der Waals surface area contributed by atoms with Gasteiger partial charge in [-0.25, -0.2) is 13.2 Å². The Kier molecular flexibility index (Phi) is 6.61. The molecule has 0 aliphatic heterocycles. The molecule has 1 aromatic carbocycles. The molecular weight excluding hydrogens is 457 g/mol. The summed E-state index contributed by atoms with van der Waals surface area (Å²) in [7, 11) is 0. The van der Waals surface area contributed by atoms with Gasteiger partial charge in [-0.3, -0.25) is 9.48 Å². The van der Waals surface area contributed by atoms with E-state index in [0.29, 0.717) is 24.2 Å². The number of nitrogens with zero attached hydrogens (tertiary/aromatic N) is 4. The van der Waals surface area contributed by atoms with E-state index in [1.807, 2.05) is 0 Å². The Morgan fingerprint density at radius 3 is 2.55 bits per heavy atom. The number of hydrogen-bond acceptors (Lipinski definition) is 5. The number of halogens is 4. The third-order valence-corrected chi connectivity index (χ3v) is 6.26. The van der Waals surface area contributed by atoms with Crippen LogP contribution in [0.1, 0.15) is 69.5 Å². The van der Waals surface area contributed by atoms with Crippen LogP contribution in [0.15, 0.2) is 28.8 Å². The van der Waals surface area contributed by atoms with Crippen LogP contribution in [0.4, 0.5) is 13.2 Å². The molecule has 176 valence electrons. The van der Waals surface area contributed by atoms with Gasteiger partial charge in [0, 0.05) is 5.02 Å². The molecule has 0 amide bonds. The molecule has 0 unspecified atom stereocenters. The van der Waals surface area contributed by atoms with Crippen molar-refractivity contribution < 1.29 is 22.5 Å². The van der Waals surface area contributed by atoms with Gasteiger partial charge in [-0.15, -0.1) is 0 Å². The van der Waals surface area contributed by atoms with E-state index >= 15 is 0 Å². The van der Waals surface area contributed by atoms with Crippen molar-refractivity contribution in [2.24, 2.45) is 5.92 Å². The fourth-order valence-electron chi connectivity index (χ4n) is 3.71. The predicted molar refractivity (Wildman–Crippen MR) is 116 cm³/mol. The van der Waals surface area contributed by atoms with Crippen molar-refractivity contribution >= 4 is 17.4 Å². The molecule has 2 aliphatic carbocycles. The number of hydrogen-bond donors (Lipinski definition) is 0. The summed E-state index contributed by atoms with van der Waals surface area (Å²) in [5.74, 6) is 0.661. The van der Waals surface area contributed by atoms with Gasteiger partial charge in [0.15, 0.2) is 17.3 Å². The van der Waals surface area contributed by atoms with Gasteiger partial charge < -0.3 is 4.52 Å². The molecular formula is C23H24ClF3N4O2. The fourth-order valence-corrected chi connectivity index (χ4v) is 4.06. The number of carbonyl (C=O) groups is 1. The van der Waals surface area contributed by atoms with Crippen molar-refractivity contribution in [3.63, 3.8) is 0 Å². The normalized spacial score (nSPS) is 16.5. The summed E-state index contributed by atoms with van der Waals surface area (Å²) in [4.78, 5) is 15.6. The summed E-state index contributed by atoms with van der Waals surface area (Å²) in [5, 5.41) is 8.23. The van der Waals surface area contributed by atoms with E-state index in [1.54, 1.807) is 6.07 Å². The van der Waals surface area contributed by atoms with Crippen molar-refractivity contribution in [3.05, 3.63) is 52.2 Å². The van der Waals surface area contributed by atoms with E-state index in [2.05, 4.69) is 22.2 Å². The van der Waals surface area contributed by atoms with Crippen LogP contribution in [0, 0.1) is 11.7 Å². The molecule has 33 heavy (non-hydrogen) atoms. The molecule has 0 bridgehead atoms. The minimum atomic E-state index is -2.81. The first-order valence-electron chi connectivity index (χ1n) is 10.9. The lowest BCUT2D eigenvalue weighted by Crippen LogP contribution is -2.12. The molecule has 0 radical (unpaired) electrons. The molecule has 10 heteroatoms. The highest BCUT2D eigenvalue weighted by Crippen LogP contribution is 2.54. The number of rotatable bonds is 7. The van der Waals surface area contributed by atoms with E-state index in [1.165, 1.54) is 38.3 Å². The van der Waals surface area contributed by atoms with Crippen molar-refractivity contribution in [3.8, 4) is 11.6 Å². The molecule has 2 saturated carbocycles. The first-order valence-corrected chi connectivity index (χ1v) is 11.3. The zero-order valence-corrected chi connectivity index (χ0v) is 19.1. The van der Waals surface area contributed by atoms with E-state index in [9.17, 15) is 18.0 Å². The van der Waals surface area contributed by atoms with E-state index in [-0.39, 0.29) is 28.9 Å². The van der Waals surface area contributed by atoms with Crippen molar-refractivity contribution in [1.29, 1.82) is 0 Å². The Morgan fingerprint density at radius 1 is 1.30 bits per heavy atom. The summed E-state index contributed by atoms with van der Waals surface area (Å²) in [6.45, 7) is 3.26. The minimum Gasteiger partial charge on any atom is -0.332 e. The standard InChI is InChI=1S/C18H14ClF3N4O2.C5H10/c1-9(27)8-26-14(15(21)22)7-13(24-26)16-23-17(25-28-16)18(4-5-18)11-3-2-10(20)6-12(11)19;1-2-5-3-4-5/h2-3,6-7,15H,4-5,8H2,1H3;5H,2-4H2,1H3. The summed E-state index contributed by atoms with van der Waals surface area (Å²) >= 11 is 6.18. The number of Topliss-reactive ketones (excluding diaryl/α,β-unsaturated/α-hetero) is 1. The maximum atomic E-state index is 13.3. The average molecular weight is 481 g/mol. The van der Waals surface area contributed by atoms with Crippen LogP contribution in [0.3, 0.4) is 0 Å². The molecule has 0 N–H and O–H groups in total. The van der Waals surface area contributed by atoms with Crippen molar-refractivity contribution in [2.45, 2.75) is 64.3 Å². The third kappa shape index (κ3) is 5.13. The second-order valence-electron chi connectivity index (χ2n) is 8.60. The van der Waals surface area contributed by atoms with Gasteiger partial charge in [-0.1, -0.05) is 49.0 Å². The molecule has 2 aromatic heterocycles. The second-order valence-corrected chi connectivity index (χ2v) is 9.00.